The van der Waals surface area contributed by atoms with Gasteiger partial charge in [-0.05, 0) is 94.3 Å². The Morgan fingerprint density at radius 1 is 0.742 bits per heavy atom. The summed E-state index contributed by atoms with van der Waals surface area (Å²) in [5.41, 5.74) is 0. The van der Waals surface area contributed by atoms with E-state index in [0.29, 0.717) is 18.1 Å². The number of hydrogen-bond donors (Lipinski definition) is 1. The van der Waals surface area contributed by atoms with Crippen LogP contribution in [0.15, 0.2) is 0 Å². The summed E-state index contributed by atoms with van der Waals surface area (Å²) < 4.78 is 27.5. The van der Waals surface area contributed by atoms with Crippen LogP contribution in [0.25, 0.3) is 0 Å². The van der Waals surface area contributed by atoms with Crippen LogP contribution in [0.5, 0.6) is 0 Å². The van der Waals surface area contributed by atoms with E-state index in [1.54, 1.807) is 28.4 Å². The van der Waals surface area contributed by atoms with Crippen LogP contribution in [0.1, 0.15) is 58.3 Å². The fourth-order valence-electron chi connectivity index (χ4n) is 5.01. The van der Waals surface area contributed by atoms with Gasteiger partial charge in [-0.25, -0.2) is 0 Å². The molecule has 3 aliphatic rings. The SMILES string of the molecule is CO[Si](C)(CCC1CCC(O)C(C)C1)OC.CO[Si](C)(CCC1CCC2OC2C1)OC. The molecule has 184 valence electrons. The van der Waals surface area contributed by atoms with Crippen LogP contribution in [0, 0.1) is 17.8 Å². The van der Waals surface area contributed by atoms with Crippen molar-refractivity contribution in [3.63, 3.8) is 0 Å². The predicted molar refractivity (Wildman–Crippen MR) is 129 cm³/mol. The van der Waals surface area contributed by atoms with Crippen molar-refractivity contribution in [1.82, 2.24) is 0 Å². The van der Waals surface area contributed by atoms with E-state index in [1.807, 2.05) is 0 Å². The molecule has 0 aromatic carbocycles. The first-order valence-electron chi connectivity index (χ1n) is 12.2. The van der Waals surface area contributed by atoms with Gasteiger partial charge in [0, 0.05) is 28.4 Å². The molecular formula is C23H48O6Si2. The van der Waals surface area contributed by atoms with Crippen molar-refractivity contribution >= 4 is 17.1 Å². The van der Waals surface area contributed by atoms with Gasteiger partial charge in [0.2, 0.25) is 0 Å². The maximum atomic E-state index is 9.68. The van der Waals surface area contributed by atoms with E-state index in [0.717, 1.165) is 43.2 Å². The Bertz CT molecular complexity index is 514. The molecule has 31 heavy (non-hydrogen) atoms. The van der Waals surface area contributed by atoms with Crippen LogP contribution in [-0.2, 0) is 22.4 Å². The number of fused-ring (bicyclic) bond motifs is 1. The summed E-state index contributed by atoms with van der Waals surface area (Å²) in [6, 6.07) is 2.18. The second kappa shape index (κ2) is 12.6. The van der Waals surface area contributed by atoms with Gasteiger partial charge in [-0.1, -0.05) is 6.92 Å². The van der Waals surface area contributed by atoms with E-state index >= 15 is 0 Å². The van der Waals surface area contributed by atoms with Crippen molar-refractivity contribution in [2.75, 3.05) is 28.4 Å². The van der Waals surface area contributed by atoms with E-state index in [1.165, 1.54) is 32.1 Å². The average molecular weight is 477 g/mol. The normalized spacial score (nSPS) is 33.3. The van der Waals surface area contributed by atoms with E-state index < -0.39 is 17.1 Å². The zero-order valence-corrected chi connectivity index (χ0v) is 23.0. The highest BCUT2D eigenvalue weighted by atomic mass is 28.4. The van der Waals surface area contributed by atoms with Crippen LogP contribution in [0.4, 0.5) is 0 Å². The lowest BCUT2D eigenvalue weighted by Gasteiger charge is -2.32. The number of hydrogen-bond acceptors (Lipinski definition) is 6. The summed E-state index contributed by atoms with van der Waals surface area (Å²) in [7, 11) is 3.34. The van der Waals surface area contributed by atoms with Gasteiger partial charge in [-0.15, -0.1) is 0 Å². The van der Waals surface area contributed by atoms with Crippen LogP contribution in [-0.4, -0.2) is 69.0 Å². The molecule has 0 radical (unpaired) electrons. The number of aliphatic hydroxyl groups is 1. The maximum absolute atomic E-state index is 9.68. The Kier molecular flexibility index (Phi) is 11.2. The predicted octanol–water partition coefficient (Wildman–Crippen LogP) is 4.85. The Morgan fingerprint density at radius 3 is 1.68 bits per heavy atom. The van der Waals surface area contributed by atoms with Crippen molar-refractivity contribution in [3.8, 4) is 0 Å². The Hall–Kier alpha value is 0.194. The van der Waals surface area contributed by atoms with E-state index in [4.69, 9.17) is 22.4 Å². The zero-order valence-electron chi connectivity index (χ0n) is 21.0. The largest absolute Gasteiger partial charge is 0.398 e. The minimum atomic E-state index is -1.88. The molecule has 8 heteroatoms. The summed E-state index contributed by atoms with van der Waals surface area (Å²) in [5, 5.41) is 9.68. The van der Waals surface area contributed by atoms with Gasteiger partial charge >= 0.3 is 17.1 Å². The van der Waals surface area contributed by atoms with Crippen LogP contribution in [0.2, 0.25) is 25.2 Å². The second-order valence-corrected chi connectivity index (χ2v) is 17.4. The lowest BCUT2D eigenvalue weighted by atomic mass is 9.79. The molecule has 0 spiro atoms. The standard InChI is InChI=1S/C12H26O3Si.C11H22O3Si/c1-10-9-11(5-6-12(10)13)7-8-16(4,14-2)15-3;1-12-15(3,13-2)7-6-9-4-5-10-11(8-9)14-10/h10-13H,5-9H2,1-4H3;9-11H,4-8H2,1-3H3. The quantitative estimate of drug-likeness (QED) is 0.359. The minimum Gasteiger partial charge on any atom is -0.398 e. The monoisotopic (exact) mass is 476 g/mol. The van der Waals surface area contributed by atoms with Gasteiger partial charge < -0.3 is 27.5 Å². The van der Waals surface area contributed by atoms with E-state index in [2.05, 4.69) is 20.0 Å². The molecular weight excluding hydrogens is 428 g/mol. The second-order valence-electron chi connectivity index (χ2n) is 10.3. The van der Waals surface area contributed by atoms with Gasteiger partial charge in [0.15, 0.2) is 0 Å². The molecule has 0 aromatic heterocycles. The van der Waals surface area contributed by atoms with E-state index in [9.17, 15) is 5.11 Å². The first-order valence-corrected chi connectivity index (χ1v) is 17.3. The van der Waals surface area contributed by atoms with Gasteiger partial charge in [-0.3, -0.25) is 0 Å². The van der Waals surface area contributed by atoms with Crippen molar-refractivity contribution < 1.29 is 27.5 Å². The van der Waals surface area contributed by atoms with Gasteiger partial charge in [0.1, 0.15) is 0 Å². The minimum absolute atomic E-state index is 0.0790. The Labute approximate surface area is 192 Å². The maximum Gasteiger partial charge on any atom is 0.334 e. The highest BCUT2D eigenvalue weighted by Crippen LogP contribution is 2.41. The molecule has 2 saturated carbocycles. The summed E-state index contributed by atoms with van der Waals surface area (Å²) in [6.07, 6.45) is 10.7. The van der Waals surface area contributed by atoms with Crippen molar-refractivity contribution in [1.29, 1.82) is 0 Å². The van der Waals surface area contributed by atoms with Gasteiger partial charge in [0.25, 0.3) is 0 Å². The molecule has 6 nitrogen and oxygen atoms in total. The van der Waals surface area contributed by atoms with Gasteiger partial charge in [-0.2, -0.15) is 0 Å². The first-order chi connectivity index (χ1) is 14.7. The molecule has 2 aliphatic carbocycles. The molecule has 0 amide bonds. The lowest BCUT2D eigenvalue weighted by Crippen LogP contribution is -2.37. The molecule has 1 heterocycles. The third kappa shape index (κ3) is 8.81. The lowest BCUT2D eigenvalue weighted by molar-refractivity contribution is 0.0558. The molecule has 3 fully saturated rings. The molecule has 6 unspecified atom stereocenters. The summed E-state index contributed by atoms with van der Waals surface area (Å²) in [4.78, 5) is 0. The highest BCUT2D eigenvalue weighted by molar-refractivity contribution is 6.66. The molecule has 1 N–H and O–H groups in total. The van der Waals surface area contributed by atoms with Crippen molar-refractivity contribution in [2.45, 2.75) is 102 Å². The van der Waals surface area contributed by atoms with Crippen molar-refractivity contribution in [3.05, 3.63) is 0 Å². The molecule has 6 atom stereocenters. The van der Waals surface area contributed by atoms with Gasteiger partial charge in [0.05, 0.1) is 18.3 Å². The smallest absolute Gasteiger partial charge is 0.334 e. The highest BCUT2D eigenvalue weighted by Gasteiger charge is 2.44. The molecule has 3 rings (SSSR count). The topological polar surface area (TPSA) is 69.7 Å². The third-order valence-electron chi connectivity index (χ3n) is 8.09. The first kappa shape index (κ1) is 27.4. The van der Waals surface area contributed by atoms with Crippen LogP contribution in [0.3, 0.4) is 0 Å². The number of aliphatic hydroxyl groups excluding tert-OH is 1. The number of epoxide rings is 1. The number of ether oxygens (including phenoxy) is 1. The summed E-state index contributed by atoms with van der Waals surface area (Å²) in [6.45, 7) is 6.42. The molecule has 1 aliphatic heterocycles. The van der Waals surface area contributed by atoms with Crippen LogP contribution < -0.4 is 0 Å². The fraction of sp³-hybridized carbons (Fsp3) is 1.00. The van der Waals surface area contributed by atoms with Crippen LogP contribution >= 0.6 is 0 Å². The average Bonchev–Trinajstić information content (AvgIpc) is 3.57. The molecule has 1 saturated heterocycles. The Morgan fingerprint density at radius 2 is 1.23 bits per heavy atom. The van der Waals surface area contributed by atoms with Crippen molar-refractivity contribution in [2.24, 2.45) is 17.8 Å². The summed E-state index contributed by atoms with van der Waals surface area (Å²) >= 11 is 0. The number of rotatable bonds is 10. The fourth-order valence-corrected chi connectivity index (χ4v) is 8.03. The third-order valence-corrected chi connectivity index (χ3v) is 13.9. The summed E-state index contributed by atoms with van der Waals surface area (Å²) in [5.74, 6) is 2.04. The zero-order chi connectivity index (χ0) is 23.1. The molecule has 0 aromatic rings. The molecule has 0 bridgehead atoms. The Balaban J connectivity index is 0.000000220. The van der Waals surface area contributed by atoms with E-state index in [-0.39, 0.29) is 6.10 Å².